The number of nitrogens with zero attached hydrogens (tertiary/aromatic N) is 2. The highest BCUT2D eigenvalue weighted by molar-refractivity contribution is 6.42. The van der Waals surface area contributed by atoms with Crippen molar-refractivity contribution in [3.05, 3.63) is 52.5 Å². The Hall–Kier alpha value is -2.11. The maximum atomic E-state index is 11.9. The summed E-state index contributed by atoms with van der Waals surface area (Å²) in [6.45, 7) is 0. The third kappa shape index (κ3) is 3.55. The number of likely N-dealkylation sites (N-methyl/N-ethyl adjacent to an activating group) is 1. The van der Waals surface area contributed by atoms with Gasteiger partial charge in [0.1, 0.15) is 6.33 Å². The first-order valence-corrected chi connectivity index (χ1v) is 7.19. The molecule has 0 aliphatic heterocycles. The molecular formula is C15H14Cl2N4O. The second-order valence-electron chi connectivity index (χ2n) is 4.34. The van der Waals surface area contributed by atoms with Crippen molar-refractivity contribution in [1.29, 1.82) is 0 Å². The van der Waals surface area contributed by atoms with Crippen molar-refractivity contribution in [2.45, 2.75) is 0 Å². The summed E-state index contributed by atoms with van der Waals surface area (Å²) in [5.41, 5.74) is 2.35. The Bertz CT molecular complexity index is 731. The largest absolute Gasteiger partial charge is 0.393 e. The van der Waals surface area contributed by atoms with Crippen molar-refractivity contribution in [3.8, 4) is 11.3 Å². The summed E-state index contributed by atoms with van der Waals surface area (Å²) >= 11 is 11.9. The lowest BCUT2D eigenvalue weighted by Gasteiger charge is -2.08. The van der Waals surface area contributed by atoms with Gasteiger partial charge in [-0.25, -0.2) is 9.97 Å². The molecule has 1 heterocycles. The molecule has 0 spiro atoms. The summed E-state index contributed by atoms with van der Waals surface area (Å²) < 4.78 is 0. The van der Waals surface area contributed by atoms with Crippen LogP contribution in [0.1, 0.15) is 5.69 Å². The zero-order chi connectivity index (χ0) is 16.1. The van der Waals surface area contributed by atoms with E-state index >= 15 is 0 Å². The topological polar surface area (TPSA) is 66.9 Å². The molecule has 0 radical (unpaired) electrons. The monoisotopic (exact) mass is 336 g/mol. The Morgan fingerprint density at radius 1 is 1.14 bits per heavy atom. The molecule has 0 saturated heterocycles. The van der Waals surface area contributed by atoms with Gasteiger partial charge >= 0.3 is 0 Å². The molecule has 0 bridgehead atoms. The Morgan fingerprint density at radius 3 is 2.55 bits per heavy atom. The average molecular weight is 337 g/mol. The molecule has 22 heavy (non-hydrogen) atoms. The van der Waals surface area contributed by atoms with Gasteiger partial charge in [-0.15, -0.1) is 0 Å². The van der Waals surface area contributed by atoms with Gasteiger partial charge in [-0.1, -0.05) is 29.3 Å². The lowest BCUT2D eigenvalue weighted by atomic mass is 10.1. The van der Waals surface area contributed by atoms with Crippen LogP contribution in [0.5, 0.6) is 0 Å². The smallest absolute Gasteiger partial charge is 0.254 e. The number of carbonyl (C=O) groups excluding carboxylic acids is 1. The Kier molecular flexibility index (Phi) is 5.35. The predicted octanol–water partition coefficient (Wildman–Crippen LogP) is 2.76. The summed E-state index contributed by atoms with van der Waals surface area (Å²) in [6.07, 6.45) is 2.99. The third-order valence-corrected chi connectivity index (χ3v) is 3.66. The van der Waals surface area contributed by atoms with Crippen LogP contribution in [0.15, 0.2) is 36.8 Å². The molecule has 2 rings (SSSR count). The van der Waals surface area contributed by atoms with Crippen LogP contribution in [-0.2, 0) is 4.79 Å². The van der Waals surface area contributed by atoms with Crippen LogP contribution in [0.3, 0.4) is 0 Å². The van der Waals surface area contributed by atoms with E-state index in [-0.39, 0.29) is 5.91 Å². The highest BCUT2D eigenvalue weighted by atomic mass is 35.5. The number of rotatable bonds is 4. The summed E-state index contributed by atoms with van der Waals surface area (Å²) in [6, 6.07) is 6.95. The Labute approximate surface area is 138 Å². The van der Waals surface area contributed by atoms with Crippen molar-refractivity contribution in [3.63, 3.8) is 0 Å². The van der Waals surface area contributed by atoms with Gasteiger partial charge in [-0.2, -0.15) is 0 Å². The lowest BCUT2D eigenvalue weighted by Crippen LogP contribution is -2.21. The van der Waals surface area contributed by atoms with Gasteiger partial charge in [0.2, 0.25) is 0 Å². The molecule has 0 unspecified atom stereocenters. The minimum atomic E-state index is -0.242. The number of aromatic nitrogens is 2. The quantitative estimate of drug-likeness (QED) is 0.842. The first kappa shape index (κ1) is 16.3. The van der Waals surface area contributed by atoms with Crippen molar-refractivity contribution in [1.82, 2.24) is 20.6 Å². The van der Waals surface area contributed by atoms with E-state index in [1.54, 1.807) is 38.5 Å². The van der Waals surface area contributed by atoms with Crippen molar-refractivity contribution < 1.29 is 4.79 Å². The minimum Gasteiger partial charge on any atom is -0.393 e. The maximum absolute atomic E-state index is 11.9. The van der Waals surface area contributed by atoms with E-state index in [1.807, 2.05) is 6.07 Å². The van der Waals surface area contributed by atoms with Crippen LogP contribution in [0.4, 0.5) is 0 Å². The lowest BCUT2D eigenvalue weighted by molar-refractivity contribution is -0.115. The molecule has 0 aliphatic carbocycles. The molecule has 5 nitrogen and oxygen atoms in total. The average Bonchev–Trinajstić information content (AvgIpc) is 2.54. The fourth-order valence-electron chi connectivity index (χ4n) is 1.85. The number of hydrogen-bond acceptors (Lipinski definition) is 4. The first-order valence-electron chi connectivity index (χ1n) is 6.44. The highest BCUT2D eigenvalue weighted by Gasteiger charge is 2.13. The van der Waals surface area contributed by atoms with E-state index < -0.39 is 0 Å². The number of amides is 1. The molecular weight excluding hydrogens is 323 g/mol. The van der Waals surface area contributed by atoms with Gasteiger partial charge in [0.15, 0.2) is 0 Å². The van der Waals surface area contributed by atoms with Crippen molar-refractivity contribution >= 4 is 34.7 Å². The summed E-state index contributed by atoms with van der Waals surface area (Å²) in [7, 11) is 3.27. The molecule has 2 N–H and O–H groups in total. The minimum absolute atomic E-state index is 0.242. The molecule has 7 heteroatoms. The summed E-state index contributed by atoms with van der Waals surface area (Å²) in [5, 5.41) is 6.33. The van der Waals surface area contributed by atoms with E-state index in [2.05, 4.69) is 20.6 Å². The van der Waals surface area contributed by atoms with Gasteiger partial charge in [0.25, 0.3) is 5.91 Å². The van der Waals surface area contributed by atoms with E-state index in [0.717, 1.165) is 5.56 Å². The number of nitrogens with one attached hydrogen (secondary N) is 2. The van der Waals surface area contributed by atoms with Crippen LogP contribution < -0.4 is 10.6 Å². The fraction of sp³-hybridized carbons (Fsp3) is 0.133. The second-order valence-corrected chi connectivity index (χ2v) is 5.16. The van der Waals surface area contributed by atoms with Crippen LogP contribution >= 0.6 is 23.2 Å². The number of hydrogen-bond donors (Lipinski definition) is 2. The van der Waals surface area contributed by atoms with E-state index in [9.17, 15) is 4.79 Å². The Balaban J connectivity index is 2.47. The van der Waals surface area contributed by atoms with E-state index in [4.69, 9.17) is 23.2 Å². The summed E-state index contributed by atoms with van der Waals surface area (Å²) in [4.78, 5) is 20.3. The van der Waals surface area contributed by atoms with Gasteiger partial charge in [0, 0.05) is 25.9 Å². The van der Waals surface area contributed by atoms with Crippen LogP contribution in [0.25, 0.3) is 16.8 Å². The summed E-state index contributed by atoms with van der Waals surface area (Å²) in [5.74, 6) is -0.242. The molecule has 114 valence electrons. The molecule has 1 aromatic heterocycles. The zero-order valence-corrected chi connectivity index (χ0v) is 13.5. The Morgan fingerprint density at radius 2 is 1.91 bits per heavy atom. The van der Waals surface area contributed by atoms with Crippen molar-refractivity contribution in [2.75, 3.05) is 14.1 Å². The molecule has 0 fully saturated rings. The number of halogens is 2. The van der Waals surface area contributed by atoms with Crippen LogP contribution in [-0.4, -0.2) is 30.0 Å². The molecule has 2 aromatic rings. The number of carbonyl (C=O) groups is 1. The standard InChI is InChI=1S/C15H14Cl2N4O/c1-18-7-10(15(22)19-2)14-6-13(20-8-21-14)9-3-4-11(16)12(17)5-9/h3-8,18H,1-2H3,(H,19,22)/b10-7-. The van der Waals surface area contributed by atoms with Gasteiger partial charge in [0.05, 0.1) is 27.0 Å². The van der Waals surface area contributed by atoms with E-state index in [1.165, 1.54) is 6.33 Å². The highest BCUT2D eigenvalue weighted by Crippen LogP contribution is 2.28. The fourth-order valence-corrected chi connectivity index (χ4v) is 2.15. The van der Waals surface area contributed by atoms with Gasteiger partial charge in [-0.05, 0) is 18.2 Å². The van der Waals surface area contributed by atoms with Crippen molar-refractivity contribution in [2.24, 2.45) is 0 Å². The molecule has 0 aliphatic rings. The van der Waals surface area contributed by atoms with Gasteiger partial charge in [-0.3, -0.25) is 4.79 Å². The SMILES string of the molecule is CN/C=C(\C(=O)NC)c1cc(-c2ccc(Cl)c(Cl)c2)ncn1. The van der Waals surface area contributed by atoms with Gasteiger partial charge < -0.3 is 10.6 Å². The first-order chi connectivity index (χ1) is 10.6. The van der Waals surface area contributed by atoms with Crippen LogP contribution in [0, 0.1) is 0 Å². The second kappa shape index (κ2) is 7.24. The molecule has 0 atom stereocenters. The zero-order valence-electron chi connectivity index (χ0n) is 12.0. The molecule has 1 amide bonds. The maximum Gasteiger partial charge on any atom is 0.254 e. The predicted molar refractivity (Wildman–Crippen MR) is 88.6 cm³/mol. The molecule has 1 aromatic carbocycles. The van der Waals surface area contributed by atoms with E-state index in [0.29, 0.717) is 27.0 Å². The normalized spacial score (nSPS) is 11.2. The molecule has 0 saturated carbocycles. The third-order valence-electron chi connectivity index (χ3n) is 2.92. The van der Waals surface area contributed by atoms with Crippen LogP contribution in [0.2, 0.25) is 10.0 Å². The number of benzene rings is 1.